The molecule has 33 heavy (non-hydrogen) atoms. The fourth-order valence-electron chi connectivity index (χ4n) is 4.84. The van der Waals surface area contributed by atoms with Crippen molar-refractivity contribution >= 4 is 23.4 Å². The number of rotatable bonds is 4. The van der Waals surface area contributed by atoms with Gasteiger partial charge in [-0.05, 0) is 62.1 Å². The first-order valence-corrected chi connectivity index (χ1v) is 11.5. The summed E-state index contributed by atoms with van der Waals surface area (Å²) in [4.78, 5) is 23.9. The van der Waals surface area contributed by atoms with Gasteiger partial charge in [0.2, 0.25) is 11.9 Å². The first-order chi connectivity index (χ1) is 16.0. The predicted octanol–water partition coefficient (Wildman–Crippen LogP) is 6.09. The van der Waals surface area contributed by atoms with Crippen LogP contribution in [-0.4, -0.2) is 21.9 Å². The number of anilines is 3. The van der Waals surface area contributed by atoms with E-state index < -0.39 is 5.82 Å². The van der Waals surface area contributed by atoms with Gasteiger partial charge in [0.15, 0.2) is 0 Å². The van der Waals surface area contributed by atoms with Gasteiger partial charge in [-0.1, -0.05) is 31.4 Å². The number of benzene rings is 2. The minimum Gasteiger partial charge on any atom is -0.351 e. The third-order valence-electron chi connectivity index (χ3n) is 6.51. The van der Waals surface area contributed by atoms with Crippen molar-refractivity contribution in [3.63, 3.8) is 0 Å². The maximum absolute atomic E-state index is 14.8. The molecule has 0 bridgehead atoms. The van der Waals surface area contributed by atoms with E-state index in [4.69, 9.17) is 9.97 Å². The lowest BCUT2D eigenvalue weighted by molar-refractivity contribution is -0.118. The number of nitrogens with one attached hydrogen (secondary N) is 1. The van der Waals surface area contributed by atoms with Crippen molar-refractivity contribution in [2.75, 3.05) is 10.2 Å². The molecule has 7 heteroatoms. The van der Waals surface area contributed by atoms with E-state index in [-0.39, 0.29) is 29.9 Å². The largest absolute Gasteiger partial charge is 0.351 e. The number of hydrogen-bond donors (Lipinski definition) is 1. The summed E-state index contributed by atoms with van der Waals surface area (Å²) in [5.74, 6) is -0.211. The fraction of sp³-hybridized carbons (Fsp3) is 0.346. The smallest absolute Gasteiger partial charge is 0.233 e. The molecule has 0 unspecified atom stereocenters. The third-order valence-corrected chi connectivity index (χ3v) is 6.51. The van der Waals surface area contributed by atoms with Crippen molar-refractivity contribution in [2.24, 2.45) is 0 Å². The average molecular weight is 449 g/mol. The summed E-state index contributed by atoms with van der Waals surface area (Å²) >= 11 is 0. The number of carbonyl (C=O) groups is 1. The Labute approximate surface area is 191 Å². The molecule has 1 fully saturated rings. The maximum atomic E-state index is 14.8. The van der Waals surface area contributed by atoms with Crippen molar-refractivity contribution in [1.29, 1.82) is 0 Å². The number of aromatic nitrogens is 2. The standard InChI is InChI=1S/C26H26F2N4O/c1-16-15-17(27)11-12-19(16)24-20-13-14-23(33)32(22-10-6-5-9-21(22)28)25(20)31-26(30-24)29-18-7-3-2-4-8-18/h5-6,9-12,15,18H,2-4,7-8,13-14H2,1H3,(H,29,30,31). The Bertz CT molecular complexity index is 1210. The van der Waals surface area contributed by atoms with Crippen LogP contribution < -0.4 is 10.2 Å². The predicted molar refractivity (Wildman–Crippen MR) is 125 cm³/mol. The van der Waals surface area contributed by atoms with E-state index in [9.17, 15) is 13.6 Å². The number of nitrogens with zero attached hydrogens (tertiary/aromatic N) is 3. The lowest BCUT2D eigenvalue weighted by Gasteiger charge is -2.31. The Morgan fingerprint density at radius 2 is 1.79 bits per heavy atom. The Morgan fingerprint density at radius 1 is 1.00 bits per heavy atom. The van der Waals surface area contributed by atoms with Gasteiger partial charge < -0.3 is 5.32 Å². The molecule has 1 N–H and O–H groups in total. The fourth-order valence-corrected chi connectivity index (χ4v) is 4.84. The number of aryl methyl sites for hydroxylation is 1. The molecule has 1 amide bonds. The van der Waals surface area contributed by atoms with Gasteiger partial charge in [-0.3, -0.25) is 9.69 Å². The second kappa shape index (κ2) is 8.89. The molecule has 0 radical (unpaired) electrons. The Morgan fingerprint density at radius 3 is 2.55 bits per heavy atom. The molecule has 2 aliphatic rings. The number of fused-ring (bicyclic) bond motifs is 1. The van der Waals surface area contributed by atoms with E-state index in [0.29, 0.717) is 23.9 Å². The quantitative estimate of drug-likeness (QED) is 0.525. The molecule has 1 saturated carbocycles. The zero-order chi connectivity index (χ0) is 22.9. The number of halogens is 2. The number of para-hydroxylation sites is 1. The Kier molecular flexibility index (Phi) is 5.79. The van der Waals surface area contributed by atoms with Gasteiger partial charge in [0.05, 0.1) is 11.4 Å². The first kappa shape index (κ1) is 21.5. The van der Waals surface area contributed by atoms with Crippen LogP contribution in [-0.2, 0) is 11.2 Å². The van der Waals surface area contributed by atoms with Gasteiger partial charge in [-0.25, -0.2) is 13.8 Å². The zero-order valence-electron chi connectivity index (χ0n) is 18.6. The summed E-state index contributed by atoms with van der Waals surface area (Å²) in [5.41, 5.74) is 3.12. The van der Waals surface area contributed by atoms with Crippen molar-refractivity contribution < 1.29 is 13.6 Å². The van der Waals surface area contributed by atoms with Gasteiger partial charge in [-0.2, -0.15) is 4.98 Å². The summed E-state index contributed by atoms with van der Waals surface area (Å²) in [7, 11) is 0. The highest BCUT2D eigenvalue weighted by atomic mass is 19.1. The minimum atomic E-state index is -0.487. The molecule has 1 aliphatic carbocycles. The molecular weight excluding hydrogens is 422 g/mol. The van der Waals surface area contributed by atoms with Gasteiger partial charge >= 0.3 is 0 Å². The van der Waals surface area contributed by atoms with Crippen LogP contribution in [0.3, 0.4) is 0 Å². The average Bonchev–Trinajstić information content (AvgIpc) is 2.80. The molecular formula is C26H26F2N4O. The number of amides is 1. The van der Waals surface area contributed by atoms with Crippen molar-refractivity contribution in [2.45, 2.75) is 57.9 Å². The summed E-state index contributed by atoms with van der Waals surface area (Å²) in [6, 6.07) is 11.1. The van der Waals surface area contributed by atoms with Crippen LogP contribution in [0.25, 0.3) is 11.3 Å². The molecule has 2 aromatic carbocycles. The van der Waals surface area contributed by atoms with E-state index >= 15 is 0 Å². The van der Waals surface area contributed by atoms with Crippen molar-refractivity contribution in [3.05, 3.63) is 65.2 Å². The lowest BCUT2D eigenvalue weighted by Crippen LogP contribution is -2.34. The van der Waals surface area contributed by atoms with E-state index in [1.165, 1.54) is 29.5 Å². The van der Waals surface area contributed by atoms with Crippen LogP contribution in [0.15, 0.2) is 42.5 Å². The van der Waals surface area contributed by atoms with Crippen LogP contribution >= 0.6 is 0 Å². The van der Waals surface area contributed by atoms with Crippen molar-refractivity contribution in [3.8, 4) is 11.3 Å². The highest BCUT2D eigenvalue weighted by Crippen LogP contribution is 2.40. The molecule has 0 spiro atoms. The van der Waals surface area contributed by atoms with E-state index in [1.807, 2.05) is 6.92 Å². The van der Waals surface area contributed by atoms with Crippen LogP contribution in [0.5, 0.6) is 0 Å². The molecule has 3 aromatic rings. The molecule has 2 heterocycles. The highest BCUT2D eigenvalue weighted by Gasteiger charge is 2.32. The lowest BCUT2D eigenvalue weighted by atomic mass is 9.95. The molecule has 1 aromatic heterocycles. The minimum absolute atomic E-state index is 0.174. The topological polar surface area (TPSA) is 58.1 Å². The van der Waals surface area contributed by atoms with Crippen LogP contribution in [0.1, 0.15) is 49.7 Å². The normalized spacial score (nSPS) is 16.6. The highest BCUT2D eigenvalue weighted by molar-refractivity contribution is 6.03. The second-order valence-corrected chi connectivity index (χ2v) is 8.82. The zero-order valence-corrected chi connectivity index (χ0v) is 18.6. The maximum Gasteiger partial charge on any atom is 0.233 e. The summed E-state index contributed by atoms with van der Waals surface area (Å²) in [6.45, 7) is 1.84. The summed E-state index contributed by atoms with van der Waals surface area (Å²) in [5, 5.41) is 3.45. The van der Waals surface area contributed by atoms with Crippen LogP contribution in [0.4, 0.5) is 26.2 Å². The SMILES string of the molecule is Cc1cc(F)ccc1-c1nc(NC2CCCCC2)nc2c1CCC(=O)N2c1ccccc1F. The van der Waals surface area contributed by atoms with Gasteiger partial charge in [0, 0.05) is 23.6 Å². The van der Waals surface area contributed by atoms with Crippen LogP contribution in [0.2, 0.25) is 0 Å². The number of hydrogen-bond acceptors (Lipinski definition) is 4. The molecule has 1 aliphatic heterocycles. The molecule has 0 saturated heterocycles. The van der Waals surface area contributed by atoms with E-state index in [1.54, 1.807) is 24.3 Å². The molecule has 5 rings (SSSR count). The number of carbonyl (C=O) groups excluding carboxylic acids is 1. The Hall–Kier alpha value is -3.35. The first-order valence-electron chi connectivity index (χ1n) is 11.5. The second-order valence-electron chi connectivity index (χ2n) is 8.82. The van der Waals surface area contributed by atoms with Gasteiger partial charge in [0.1, 0.15) is 17.5 Å². The molecule has 170 valence electrons. The summed E-state index contributed by atoms with van der Waals surface area (Å²) < 4.78 is 28.6. The van der Waals surface area contributed by atoms with Crippen LogP contribution in [0, 0.1) is 18.6 Å². The molecule has 5 nitrogen and oxygen atoms in total. The van der Waals surface area contributed by atoms with E-state index in [2.05, 4.69) is 5.32 Å². The molecule has 0 atom stereocenters. The van der Waals surface area contributed by atoms with Gasteiger partial charge in [0.25, 0.3) is 0 Å². The Balaban J connectivity index is 1.68. The van der Waals surface area contributed by atoms with Crippen molar-refractivity contribution in [1.82, 2.24) is 9.97 Å². The summed E-state index contributed by atoms with van der Waals surface area (Å²) in [6.07, 6.45) is 6.22. The monoisotopic (exact) mass is 448 g/mol. The third kappa shape index (κ3) is 4.19. The van der Waals surface area contributed by atoms with E-state index in [0.717, 1.165) is 42.4 Å². The van der Waals surface area contributed by atoms with Gasteiger partial charge in [-0.15, -0.1) is 0 Å².